The number of phenolic OH excluding ortho intramolecular Hbond substituents is 1. The number of fused-ring (bicyclic) bond motifs is 1. The zero-order valence-electron chi connectivity index (χ0n) is 19.7. The second kappa shape index (κ2) is 10.4. The minimum Gasteiger partial charge on any atom is -0.508 e. The molecule has 0 saturated carbocycles. The van der Waals surface area contributed by atoms with Crippen molar-refractivity contribution in [2.75, 3.05) is 19.6 Å². The second-order valence-electron chi connectivity index (χ2n) is 9.32. The zero-order chi connectivity index (χ0) is 24.4. The van der Waals surface area contributed by atoms with E-state index in [0.29, 0.717) is 27.0 Å². The van der Waals surface area contributed by atoms with E-state index >= 15 is 0 Å². The van der Waals surface area contributed by atoms with Crippen LogP contribution in [0.25, 0.3) is 10.1 Å². The number of halogens is 1. The minimum absolute atomic E-state index is 0.134. The molecule has 1 atom stereocenters. The molecule has 1 aliphatic rings. The number of carbonyl (C=O) groups excluding carboxylic acids is 1. The van der Waals surface area contributed by atoms with Crippen LogP contribution in [0.15, 0.2) is 66.7 Å². The molecule has 0 radical (unpaired) electrons. The van der Waals surface area contributed by atoms with Crippen molar-refractivity contribution in [2.45, 2.75) is 26.2 Å². The maximum atomic E-state index is 13.3. The van der Waals surface area contributed by atoms with Gasteiger partial charge in [0.05, 0.1) is 0 Å². The van der Waals surface area contributed by atoms with Crippen molar-refractivity contribution in [3.8, 4) is 17.2 Å². The average Bonchev–Trinajstić information content (AvgIpc) is 3.43. The molecule has 0 aliphatic carbocycles. The summed E-state index contributed by atoms with van der Waals surface area (Å²) in [5.41, 5.74) is 1.82. The van der Waals surface area contributed by atoms with Crippen LogP contribution in [0.3, 0.4) is 0 Å². The van der Waals surface area contributed by atoms with Crippen LogP contribution in [-0.4, -0.2) is 35.4 Å². The fraction of sp³-hybridized carbons (Fsp3) is 0.276. The number of aryl methyl sites for hydroxylation is 1. The molecule has 1 aromatic heterocycles. The lowest BCUT2D eigenvalue weighted by Gasteiger charge is -2.15. The number of likely N-dealkylation sites (tertiary alicyclic amines) is 1. The predicted octanol–water partition coefficient (Wildman–Crippen LogP) is 7.56. The summed E-state index contributed by atoms with van der Waals surface area (Å²) in [5, 5.41) is 11.3. The Labute approximate surface area is 214 Å². The molecule has 4 nitrogen and oxygen atoms in total. The fourth-order valence-electron chi connectivity index (χ4n) is 4.62. The van der Waals surface area contributed by atoms with Gasteiger partial charge in [0, 0.05) is 27.2 Å². The van der Waals surface area contributed by atoms with Gasteiger partial charge in [0.15, 0.2) is 5.75 Å². The highest BCUT2D eigenvalue weighted by Gasteiger charge is 2.22. The molecule has 3 aromatic carbocycles. The normalized spacial score (nSPS) is 16.1. The summed E-state index contributed by atoms with van der Waals surface area (Å²) in [7, 11) is 0. The third-order valence-electron chi connectivity index (χ3n) is 6.53. The highest BCUT2D eigenvalue weighted by molar-refractivity contribution is 7.21. The summed E-state index contributed by atoms with van der Waals surface area (Å²) in [4.78, 5) is 16.4. The number of thiophene rings is 1. The van der Waals surface area contributed by atoms with E-state index in [1.807, 2.05) is 12.1 Å². The lowest BCUT2D eigenvalue weighted by atomic mass is 10.1. The summed E-state index contributed by atoms with van der Waals surface area (Å²) < 4.78 is 7.09. The number of rotatable bonds is 8. The molecule has 0 bridgehead atoms. The first-order chi connectivity index (χ1) is 17.0. The van der Waals surface area contributed by atoms with Crippen LogP contribution >= 0.6 is 22.9 Å². The number of ether oxygens (including phenoxy) is 1. The van der Waals surface area contributed by atoms with Gasteiger partial charge in [-0.25, -0.2) is 0 Å². The summed E-state index contributed by atoms with van der Waals surface area (Å²) in [6.07, 6.45) is 3.49. The fourth-order valence-corrected chi connectivity index (χ4v) is 5.87. The first-order valence-corrected chi connectivity index (χ1v) is 13.2. The molecule has 2 heterocycles. The lowest BCUT2D eigenvalue weighted by Crippen LogP contribution is -2.21. The first-order valence-electron chi connectivity index (χ1n) is 12.0. The molecular weight excluding hydrogens is 478 g/mol. The molecular formula is C29H28ClNO3S. The van der Waals surface area contributed by atoms with Crippen LogP contribution in [0, 0.1) is 5.92 Å². The Kier molecular flexibility index (Phi) is 7.09. The van der Waals surface area contributed by atoms with Crippen LogP contribution in [0.2, 0.25) is 5.02 Å². The molecule has 0 unspecified atom stereocenters. The molecule has 0 spiro atoms. The van der Waals surface area contributed by atoms with Crippen molar-refractivity contribution < 1.29 is 14.6 Å². The molecule has 0 amide bonds. The van der Waals surface area contributed by atoms with Crippen molar-refractivity contribution in [3.05, 3.63) is 87.8 Å². The van der Waals surface area contributed by atoms with Crippen molar-refractivity contribution in [3.63, 3.8) is 0 Å². The minimum atomic E-state index is -0.134. The molecule has 1 N–H and O–H groups in total. The molecule has 6 heteroatoms. The topological polar surface area (TPSA) is 49.8 Å². The number of nitrogens with zero attached hydrogens (tertiary/aromatic N) is 1. The number of hydrogen-bond acceptors (Lipinski definition) is 5. The van der Waals surface area contributed by atoms with E-state index < -0.39 is 0 Å². The van der Waals surface area contributed by atoms with Crippen LogP contribution in [0.4, 0.5) is 0 Å². The molecule has 1 saturated heterocycles. The van der Waals surface area contributed by atoms with Gasteiger partial charge in [-0.15, -0.1) is 11.3 Å². The third kappa shape index (κ3) is 5.53. The molecule has 1 aliphatic heterocycles. The summed E-state index contributed by atoms with van der Waals surface area (Å²) in [5.74, 6) is 2.04. The third-order valence-corrected chi connectivity index (χ3v) is 7.92. The Hall–Kier alpha value is -2.86. The van der Waals surface area contributed by atoms with E-state index in [-0.39, 0.29) is 11.5 Å². The number of carbonyl (C=O) groups is 1. The Morgan fingerprint density at radius 2 is 1.89 bits per heavy atom. The smallest absolute Gasteiger partial charge is 0.206 e. The number of phenols is 1. The van der Waals surface area contributed by atoms with E-state index in [4.69, 9.17) is 16.3 Å². The van der Waals surface area contributed by atoms with Gasteiger partial charge in [-0.1, -0.05) is 30.7 Å². The number of ketones is 1. The molecule has 5 rings (SSSR count). The maximum absolute atomic E-state index is 13.3. The van der Waals surface area contributed by atoms with Gasteiger partial charge in [-0.05, 0) is 98.4 Å². The molecule has 180 valence electrons. The highest BCUT2D eigenvalue weighted by Crippen LogP contribution is 2.42. The van der Waals surface area contributed by atoms with Gasteiger partial charge >= 0.3 is 0 Å². The second-order valence-corrected chi connectivity index (χ2v) is 10.8. The summed E-state index contributed by atoms with van der Waals surface area (Å²) in [6.45, 7) is 5.91. The van der Waals surface area contributed by atoms with Crippen LogP contribution in [0.5, 0.6) is 17.2 Å². The highest BCUT2D eigenvalue weighted by atomic mass is 35.5. The van der Waals surface area contributed by atoms with Gasteiger partial charge < -0.3 is 14.7 Å². The number of aromatic hydroxyl groups is 1. The largest absolute Gasteiger partial charge is 0.508 e. The van der Waals surface area contributed by atoms with E-state index in [1.165, 1.54) is 36.4 Å². The van der Waals surface area contributed by atoms with Crippen molar-refractivity contribution in [1.82, 2.24) is 4.90 Å². The standard InChI is InChI=1S/C29H28ClNO3S/c1-19-14-16-31(18-19)15-2-3-20-4-11-24(12-5-20)34-28-25-13-10-23(32)17-26(25)35-29(28)27(33)21-6-8-22(30)9-7-21/h4-13,17,19,32H,2-3,14-16,18H2,1H3/t19-/m0/s1. The van der Waals surface area contributed by atoms with Crippen molar-refractivity contribution >= 4 is 38.8 Å². The van der Waals surface area contributed by atoms with Crippen LogP contribution < -0.4 is 4.74 Å². The molecule has 1 fully saturated rings. The first kappa shape index (κ1) is 23.9. The Morgan fingerprint density at radius 1 is 1.11 bits per heavy atom. The lowest BCUT2D eigenvalue weighted by molar-refractivity contribution is 0.104. The van der Waals surface area contributed by atoms with Gasteiger partial charge in [0.1, 0.15) is 16.4 Å². The Bertz CT molecular complexity index is 1330. The zero-order valence-corrected chi connectivity index (χ0v) is 21.2. The predicted molar refractivity (Wildman–Crippen MR) is 143 cm³/mol. The van der Waals surface area contributed by atoms with Crippen LogP contribution in [0.1, 0.15) is 40.6 Å². The van der Waals surface area contributed by atoms with Crippen molar-refractivity contribution in [1.29, 1.82) is 0 Å². The van der Waals surface area contributed by atoms with E-state index in [1.54, 1.807) is 42.5 Å². The quantitative estimate of drug-likeness (QED) is 0.251. The summed E-state index contributed by atoms with van der Waals surface area (Å²) in [6, 6.07) is 20.0. The average molecular weight is 506 g/mol. The number of hydrogen-bond donors (Lipinski definition) is 1. The van der Waals surface area contributed by atoms with Gasteiger partial charge in [0.25, 0.3) is 0 Å². The van der Waals surface area contributed by atoms with Gasteiger partial charge in [-0.2, -0.15) is 0 Å². The number of benzene rings is 3. The maximum Gasteiger partial charge on any atom is 0.206 e. The SMILES string of the molecule is C[C@H]1CCN(CCCc2ccc(Oc3c(C(=O)c4ccc(Cl)cc4)sc4cc(O)ccc34)cc2)C1. The van der Waals surface area contributed by atoms with E-state index in [2.05, 4.69) is 24.0 Å². The molecule has 35 heavy (non-hydrogen) atoms. The van der Waals surface area contributed by atoms with Crippen molar-refractivity contribution in [2.24, 2.45) is 5.92 Å². The molecule has 4 aromatic rings. The van der Waals surface area contributed by atoms with Gasteiger partial charge in [-0.3, -0.25) is 4.79 Å². The van der Waals surface area contributed by atoms with E-state index in [9.17, 15) is 9.90 Å². The van der Waals surface area contributed by atoms with E-state index in [0.717, 1.165) is 35.4 Å². The monoisotopic (exact) mass is 505 g/mol. The van der Waals surface area contributed by atoms with Crippen LogP contribution in [-0.2, 0) is 6.42 Å². The Balaban J connectivity index is 1.34. The summed E-state index contributed by atoms with van der Waals surface area (Å²) >= 11 is 7.32. The van der Waals surface area contributed by atoms with Gasteiger partial charge in [0.2, 0.25) is 5.78 Å². The Morgan fingerprint density at radius 3 is 2.60 bits per heavy atom.